The molecule has 1 aromatic heterocycles. The van der Waals surface area contributed by atoms with Gasteiger partial charge < -0.3 is 0 Å². The second kappa shape index (κ2) is 8.26. The highest BCUT2D eigenvalue weighted by atomic mass is 19.1. The molecule has 2 atom stereocenters. The average molecular weight is 376 g/mol. The molecular weight excluding hydrogens is 345 g/mol. The molecule has 28 heavy (non-hydrogen) atoms. The minimum atomic E-state index is -0.148. The first-order valence-electron chi connectivity index (χ1n) is 10.4. The van der Waals surface area contributed by atoms with E-state index in [0.717, 1.165) is 40.8 Å². The van der Waals surface area contributed by atoms with Gasteiger partial charge in [-0.3, -0.25) is 4.98 Å². The van der Waals surface area contributed by atoms with Crippen molar-refractivity contribution in [3.05, 3.63) is 77.7 Å². The Morgan fingerprint density at radius 1 is 1.04 bits per heavy atom. The van der Waals surface area contributed by atoms with E-state index >= 15 is 4.39 Å². The van der Waals surface area contributed by atoms with Crippen molar-refractivity contribution in [3.63, 3.8) is 0 Å². The molecule has 1 aliphatic carbocycles. The smallest absolute Gasteiger partial charge is 0.131 e. The van der Waals surface area contributed by atoms with E-state index in [9.17, 15) is 0 Å². The number of benzene rings is 2. The fraction of sp³-hybridized carbons (Fsp3) is 0.346. The zero-order chi connectivity index (χ0) is 20.3. The first-order valence-corrected chi connectivity index (χ1v) is 10.4. The quantitative estimate of drug-likeness (QED) is 0.458. The maximum absolute atomic E-state index is 15.1. The number of aryl methyl sites for hydroxylation is 1. The minimum absolute atomic E-state index is 0.0483. The summed E-state index contributed by atoms with van der Waals surface area (Å²) in [7, 11) is 0. The van der Waals surface area contributed by atoms with Gasteiger partial charge in [-0.05, 0) is 59.6 Å². The van der Waals surface area contributed by atoms with E-state index in [1.54, 1.807) is 6.07 Å². The Hall–Kier alpha value is -2.48. The topological polar surface area (TPSA) is 12.9 Å². The van der Waals surface area contributed by atoms with Gasteiger partial charge in [-0.25, -0.2) is 4.39 Å². The molecule has 1 saturated carbocycles. The molecule has 4 rings (SSSR count). The van der Waals surface area contributed by atoms with Crippen molar-refractivity contribution in [1.82, 2.24) is 4.98 Å². The normalized spacial score (nSPS) is 20.3. The van der Waals surface area contributed by atoms with Crippen molar-refractivity contribution >= 4 is 0 Å². The van der Waals surface area contributed by atoms with Crippen LogP contribution in [0.4, 0.5) is 4.39 Å². The van der Waals surface area contributed by atoms with Gasteiger partial charge in [0.2, 0.25) is 0 Å². The van der Waals surface area contributed by atoms with Crippen LogP contribution in [0.2, 0.25) is 0 Å². The fourth-order valence-electron chi connectivity index (χ4n) is 4.10. The number of rotatable bonds is 4. The minimum Gasteiger partial charge on any atom is -0.256 e. The summed E-state index contributed by atoms with van der Waals surface area (Å²) in [5.41, 5.74) is 5.80. The van der Waals surface area contributed by atoms with E-state index in [0.29, 0.717) is 11.5 Å². The van der Waals surface area contributed by atoms with Gasteiger partial charge in [0.1, 0.15) is 5.82 Å². The van der Waals surface area contributed by atoms with E-state index in [1.165, 1.54) is 0 Å². The lowest BCUT2D eigenvalue weighted by molar-refractivity contribution is 0.609. The lowest BCUT2D eigenvalue weighted by Crippen LogP contribution is -2.08. The van der Waals surface area contributed by atoms with Gasteiger partial charge in [0.15, 0.2) is 0 Å². The summed E-state index contributed by atoms with van der Waals surface area (Å²) in [5, 5.41) is 0. The first kappa shape index (κ1) is 20.3. The summed E-state index contributed by atoms with van der Waals surface area (Å²) < 4.78 is 15.1. The molecule has 1 fully saturated rings. The summed E-state index contributed by atoms with van der Waals surface area (Å²) in [6.07, 6.45) is 4.13. The maximum atomic E-state index is 15.1. The Labute approximate surface area is 168 Å². The molecule has 2 aromatic carbocycles. The van der Waals surface area contributed by atoms with Crippen molar-refractivity contribution in [2.75, 3.05) is 0 Å². The highest BCUT2D eigenvalue weighted by Crippen LogP contribution is 2.58. The van der Waals surface area contributed by atoms with Gasteiger partial charge in [0, 0.05) is 17.3 Å². The predicted octanol–water partition coefficient (Wildman–Crippen LogP) is 7.58. The number of aromatic nitrogens is 1. The van der Waals surface area contributed by atoms with E-state index < -0.39 is 0 Å². The van der Waals surface area contributed by atoms with Crippen molar-refractivity contribution in [2.45, 2.75) is 52.9 Å². The number of hydrogen-bond donors (Lipinski definition) is 0. The molecule has 1 nitrogen and oxygen atoms in total. The Kier molecular flexibility index (Phi) is 5.98. The third-order valence-corrected chi connectivity index (χ3v) is 5.90. The molecule has 146 valence electrons. The Morgan fingerprint density at radius 3 is 2.32 bits per heavy atom. The largest absolute Gasteiger partial charge is 0.256 e. The number of pyridine rings is 1. The Bertz CT molecular complexity index is 931. The summed E-state index contributed by atoms with van der Waals surface area (Å²) in [6, 6.07) is 17.6. The lowest BCUT2D eigenvalue weighted by Gasteiger charge is -2.19. The van der Waals surface area contributed by atoms with Crippen molar-refractivity contribution in [3.8, 4) is 22.4 Å². The third-order valence-electron chi connectivity index (χ3n) is 5.90. The number of halogens is 1. The van der Waals surface area contributed by atoms with Gasteiger partial charge in [0.25, 0.3) is 0 Å². The van der Waals surface area contributed by atoms with Crippen LogP contribution in [0.5, 0.6) is 0 Å². The van der Waals surface area contributed by atoms with Crippen LogP contribution in [-0.4, -0.2) is 4.98 Å². The molecule has 0 saturated heterocycles. The van der Waals surface area contributed by atoms with E-state index in [2.05, 4.69) is 24.9 Å². The SMILES string of the molecule is CC.CCC1CC1(C)c1cc(F)c(-c2ccccc2)cc1-c1ccc(C)cn1. The van der Waals surface area contributed by atoms with Crippen molar-refractivity contribution in [2.24, 2.45) is 5.92 Å². The van der Waals surface area contributed by atoms with E-state index in [1.807, 2.05) is 69.4 Å². The molecule has 0 amide bonds. The Morgan fingerprint density at radius 2 is 1.75 bits per heavy atom. The molecule has 0 N–H and O–H groups in total. The van der Waals surface area contributed by atoms with Crippen LogP contribution in [0.3, 0.4) is 0 Å². The average Bonchev–Trinajstić information content (AvgIpc) is 3.42. The molecule has 3 aromatic rings. The van der Waals surface area contributed by atoms with Crippen LogP contribution in [0.1, 0.15) is 51.7 Å². The molecular formula is C26H30FN. The molecule has 0 radical (unpaired) electrons. The van der Waals surface area contributed by atoms with Gasteiger partial charge >= 0.3 is 0 Å². The second-order valence-electron chi connectivity index (χ2n) is 7.69. The zero-order valence-corrected chi connectivity index (χ0v) is 17.6. The third kappa shape index (κ3) is 3.73. The van der Waals surface area contributed by atoms with Crippen LogP contribution < -0.4 is 0 Å². The molecule has 2 heteroatoms. The molecule has 1 heterocycles. The molecule has 1 aliphatic rings. The van der Waals surface area contributed by atoms with Crippen LogP contribution >= 0.6 is 0 Å². The maximum Gasteiger partial charge on any atom is 0.131 e. The Balaban J connectivity index is 0.00000109. The highest BCUT2D eigenvalue weighted by Gasteiger charge is 2.51. The van der Waals surface area contributed by atoms with Gasteiger partial charge in [-0.1, -0.05) is 70.5 Å². The summed E-state index contributed by atoms with van der Waals surface area (Å²) in [4.78, 5) is 4.64. The molecule has 2 unspecified atom stereocenters. The van der Waals surface area contributed by atoms with Gasteiger partial charge in [-0.15, -0.1) is 0 Å². The summed E-state index contributed by atoms with van der Waals surface area (Å²) >= 11 is 0. The number of nitrogens with zero attached hydrogens (tertiary/aromatic N) is 1. The van der Waals surface area contributed by atoms with Crippen LogP contribution in [0, 0.1) is 18.7 Å². The van der Waals surface area contributed by atoms with Crippen molar-refractivity contribution in [1.29, 1.82) is 0 Å². The zero-order valence-electron chi connectivity index (χ0n) is 17.6. The van der Waals surface area contributed by atoms with Gasteiger partial charge in [-0.2, -0.15) is 0 Å². The standard InChI is InChI=1S/C24H24FN.C2H6/c1-4-18-14-24(18,3)21-13-22(25)19(17-8-6-5-7-9-17)12-20(21)23-11-10-16(2)15-26-23;1-2/h5-13,15,18H,4,14H2,1-3H3;1-2H3. The monoisotopic (exact) mass is 375 g/mol. The second-order valence-corrected chi connectivity index (χ2v) is 7.69. The van der Waals surface area contributed by atoms with E-state index in [-0.39, 0.29) is 11.2 Å². The molecule has 0 spiro atoms. The summed E-state index contributed by atoms with van der Waals surface area (Å²) in [6.45, 7) is 10.5. The van der Waals surface area contributed by atoms with E-state index in [4.69, 9.17) is 0 Å². The van der Waals surface area contributed by atoms with Gasteiger partial charge in [0.05, 0.1) is 5.69 Å². The molecule has 0 aliphatic heterocycles. The first-order chi connectivity index (χ1) is 13.5. The van der Waals surface area contributed by atoms with Crippen LogP contribution in [0.15, 0.2) is 60.8 Å². The number of hydrogen-bond acceptors (Lipinski definition) is 1. The highest BCUT2D eigenvalue weighted by molar-refractivity contribution is 5.76. The predicted molar refractivity (Wildman–Crippen MR) is 117 cm³/mol. The van der Waals surface area contributed by atoms with Crippen molar-refractivity contribution < 1.29 is 4.39 Å². The lowest BCUT2D eigenvalue weighted by atomic mass is 9.86. The fourth-order valence-corrected chi connectivity index (χ4v) is 4.10. The van der Waals surface area contributed by atoms with Crippen LogP contribution in [-0.2, 0) is 5.41 Å². The van der Waals surface area contributed by atoms with Crippen LogP contribution in [0.25, 0.3) is 22.4 Å². The summed E-state index contributed by atoms with van der Waals surface area (Å²) in [5.74, 6) is 0.471. The molecule has 0 bridgehead atoms.